The molecule has 3 rings (SSSR count). The van der Waals surface area contributed by atoms with Crippen LogP contribution in [0.4, 0.5) is 0 Å². The molecule has 1 atom stereocenters. The van der Waals surface area contributed by atoms with Crippen LogP contribution in [0.1, 0.15) is 52.9 Å². The predicted octanol–water partition coefficient (Wildman–Crippen LogP) is 3.42. The second-order valence-corrected chi connectivity index (χ2v) is 6.89. The average Bonchev–Trinajstić information content (AvgIpc) is 2.74. The number of rotatable bonds is 7. The van der Waals surface area contributed by atoms with Crippen LogP contribution in [0.5, 0.6) is 5.75 Å². The molecule has 2 N–H and O–H groups in total. The van der Waals surface area contributed by atoms with Crippen LogP contribution in [0.3, 0.4) is 0 Å². The van der Waals surface area contributed by atoms with Crippen LogP contribution >= 0.6 is 0 Å². The van der Waals surface area contributed by atoms with Gasteiger partial charge in [-0.1, -0.05) is 43.3 Å². The maximum atomic E-state index is 12.6. The first-order valence-electron chi connectivity index (χ1n) is 9.61. The number of aromatic nitrogens is 2. The van der Waals surface area contributed by atoms with Gasteiger partial charge in [0.15, 0.2) is 0 Å². The largest absolute Gasteiger partial charge is 0.497 e. The Morgan fingerprint density at radius 1 is 1.10 bits per heavy atom. The van der Waals surface area contributed by atoms with E-state index in [1.165, 1.54) is 11.6 Å². The van der Waals surface area contributed by atoms with Crippen LogP contribution in [0.15, 0.2) is 59.4 Å². The van der Waals surface area contributed by atoms with Gasteiger partial charge in [0.1, 0.15) is 17.3 Å². The Kier molecular flexibility index (Phi) is 6.44. The maximum Gasteiger partial charge on any atom is 0.270 e. The lowest BCUT2D eigenvalue weighted by Crippen LogP contribution is -2.29. The van der Waals surface area contributed by atoms with Gasteiger partial charge >= 0.3 is 0 Å². The monoisotopic (exact) mass is 391 g/mol. The third-order valence-corrected chi connectivity index (χ3v) is 4.79. The average molecular weight is 391 g/mol. The molecule has 2 aromatic carbocycles. The zero-order chi connectivity index (χ0) is 20.8. The van der Waals surface area contributed by atoms with Gasteiger partial charge in [0.25, 0.3) is 11.5 Å². The van der Waals surface area contributed by atoms with Gasteiger partial charge in [-0.25, -0.2) is 4.98 Å². The van der Waals surface area contributed by atoms with Crippen molar-refractivity contribution in [1.29, 1.82) is 0 Å². The van der Waals surface area contributed by atoms with E-state index in [-0.39, 0.29) is 23.2 Å². The number of methoxy groups -OCH3 is 1. The third-order valence-electron chi connectivity index (χ3n) is 4.79. The molecule has 0 saturated heterocycles. The molecule has 0 aliphatic carbocycles. The van der Waals surface area contributed by atoms with Crippen molar-refractivity contribution in [3.05, 3.63) is 93.2 Å². The molecule has 0 aliphatic heterocycles. The molecular weight excluding hydrogens is 366 g/mol. The second-order valence-electron chi connectivity index (χ2n) is 6.89. The van der Waals surface area contributed by atoms with Crippen molar-refractivity contribution < 1.29 is 9.53 Å². The first-order chi connectivity index (χ1) is 14.0. The summed E-state index contributed by atoms with van der Waals surface area (Å²) < 4.78 is 5.15. The summed E-state index contributed by atoms with van der Waals surface area (Å²) in [5, 5.41) is 2.91. The topological polar surface area (TPSA) is 84.1 Å². The highest BCUT2D eigenvalue weighted by Gasteiger charge is 2.14. The molecule has 0 saturated carbocycles. The van der Waals surface area contributed by atoms with Gasteiger partial charge in [-0.3, -0.25) is 9.59 Å². The Morgan fingerprint density at radius 2 is 1.76 bits per heavy atom. The Hall–Kier alpha value is -3.41. The van der Waals surface area contributed by atoms with Gasteiger partial charge in [0.2, 0.25) is 0 Å². The second kappa shape index (κ2) is 9.19. The van der Waals surface area contributed by atoms with Gasteiger partial charge in [-0.2, -0.15) is 0 Å². The summed E-state index contributed by atoms with van der Waals surface area (Å²) in [6, 6.07) is 16.6. The number of H-pyrrole nitrogens is 1. The van der Waals surface area contributed by atoms with Gasteiger partial charge in [-0.05, 0) is 42.2 Å². The minimum Gasteiger partial charge on any atom is -0.497 e. The number of hydrogen-bond acceptors (Lipinski definition) is 4. The van der Waals surface area contributed by atoms with Crippen molar-refractivity contribution in [2.24, 2.45) is 0 Å². The molecule has 1 aromatic heterocycles. The molecule has 1 unspecified atom stereocenters. The molecular formula is C23H25N3O3. The number of nitrogens with zero attached hydrogens (tertiary/aromatic N) is 1. The van der Waals surface area contributed by atoms with E-state index in [0.717, 1.165) is 23.3 Å². The molecule has 150 valence electrons. The van der Waals surface area contributed by atoms with Crippen LogP contribution in [-0.2, 0) is 12.8 Å². The molecule has 6 nitrogen and oxygen atoms in total. The fourth-order valence-corrected chi connectivity index (χ4v) is 3.04. The molecule has 29 heavy (non-hydrogen) atoms. The normalized spacial score (nSPS) is 11.7. The maximum absolute atomic E-state index is 12.6. The highest BCUT2D eigenvalue weighted by atomic mass is 16.5. The van der Waals surface area contributed by atoms with E-state index in [1.54, 1.807) is 7.11 Å². The quantitative estimate of drug-likeness (QED) is 0.646. The number of hydrogen-bond donors (Lipinski definition) is 2. The predicted molar refractivity (Wildman–Crippen MR) is 112 cm³/mol. The van der Waals surface area contributed by atoms with Crippen LogP contribution < -0.4 is 15.6 Å². The zero-order valence-electron chi connectivity index (χ0n) is 16.9. The molecule has 1 amide bonds. The summed E-state index contributed by atoms with van der Waals surface area (Å²) in [5.74, 6) is 0.816. The molecule has 3 aromatic rings. The van der Waals surface area contributed by atoms with Crippen LogP contribution in [0.25, 0.3) is 0 Å². The van der Waals surface area contributed by atoms with Crippen LogP contribution in [-0.4, -0.2) is 23.0 Å². The van der Waals surface area contributed by atoms with Crippen molar-refractivity contribution >= 4 is 5.91 Å². The molecule has 6 heteroatoms. The minimum atomic E-state index is -0.376. The zero-order valence-corrected chi connectivity index (χ0v) is 16.9. The van der Waals surface area contributed by atoms with Crippen LogP contribution in [0.2, 0.25) is 0 Å². The highest BCUT2D eigenvalue weighted by Crippen LogP contribution is 2.15. The summed E-state index contributed by atoms with van der Waals surface area (Å²) in [5.41, 5.74) is 2.95. The van der Waals surface area contributed by atoms with Gasteiger partial charge in [-0.15, -0.1) is 0 Å². The SMILES string of the molecule is CCc1ccc(C(C)NC(=O)c2cc(=O)[nH]c(Cc3ccc(OC)cc3)n2)cc1. The number of carbonyl (C=O) groups is 1. The van der Waals surface area contributed by atoms with E-state index in [1.807, 2.05) is 43.3 Å². The number of ether oxygens (including phenoxy) is 1. The number of nitrogens with one attached hydrogen (secondary N) is 2. The Morgan fingerprint density at radius 3 is 2.38 bits per heavy atom. The van der Waals surface area contributed by atoms with Gasteiger partial charge in [0, 0.05) is 12.5 Å². The first-order valence-corrected chi connectivity index (χ1v) is 9.61. The summed E-state index contributed by atoms with van der Waals surface area (Å²) in [4.78, 5) is 31.7. The minimum absolute atomic E-state index is 0.106. The summed E-state index contributed by atoms with van der Waals surface area (Å²) in [6.45, 7) is 4.01. The Labute approximate surface area is 170 Å². The number of amides is 1. The fourth-order valence-electron chi connectivity index (χ4n) is 3.04. The van der Waals surface area contributed by atoms with E-state index in [4.69, 9.17) is 4.74 Å². The van der Waals surface area contributed by atoms with Crippen LogP contribution in [0, 0.1) is 0 Å². The fraction of sp³-hybridized carbons (Fsp3) is 0.261. The molecule has 1 heterocycles. The molecule has 0 spiro atoms. The third kappa shape index (κ3) is 5.31. The van der Waals surface area contributed by atoms with Crippen molar-refractivity contribution in [3.8, 4) is 5.75 Å². The highest BCUT2D eigenvalue weighted by molar-refractivity contribution is 5.92. The van der Waals surface area contributed by atoms with Gasteiger partial charge in [0.05, 0.1) is 13.2 Å². The lowest BCUT2D eigenvalue weighted by molar-refractivity contribution is 0.0934. The van der Waals surface area contributed by atoms with Crippen molar-refractivity contribution in [1.82, 2.24) is 15.3 Å². The van der Waals surface area contributed by atoms with Crippen molar-refractivity contribution in [2.75, 3.05) is 7.11 Å². The molecule has 0 bridgehead atoms. The van der Waals surface area contributed by atoms with E-state index in [9.17, 15) is 9.59 Å². The number of aromatic amines is 1. The van der Waals surface area contributed by atoms with E-state index >= 15 is 0 Å². The van der Waals surface area contributed by atoms with Gasteiger partial charge < -0.3 is 15.0 Å². The lowest BCUT2D eigenvalue weighted by atomic mass is 10.0. The van der Waals surface area contributed by atoms with E-state index < -0.39 is 0 Å². The molecule has 0 radical (unpaired) electrons. The standard InChI is InChI=1S/C23H25N3O3/c1-4-16-5-9-18(10-6-16)15(2)24-23(28)20-14-22(27)26-21(25-20)13-17-7-11-19(29-3)12-8-17/h5-12,14-15H,4,13H2,1-3H3,(H,24,28)(H,25,26,27). The van der Waals surface area contributed by atoms with Crippen molar-refractivity contribution in [3.63, 3.8) is 0 Å². The first kappa shape index (κ1) is 20.3. The van der Waals surface area contributed by atoms with E-state index in [2.05, 4.69) is 34.3 Å². The van der Waals surface area contributed by atoms with Crippen molar-refractivity contribution in [2.45, 2.75) is 32.7 Å². The Bertz CT molecular complexity index is 1020. The molecule has 0 fully saturated rings. The smallest absolute Gasteiger partial charge is 0.270 e. The lowest BCUT2D eigenvalue weighted by Gasteiger charge is -2.15. The Balaban J connectivity index is 1.73. The number of aryl methyl sites for hydroxylation is 1. The summed E-state index contributed by atoms with van der Waals surface area (Å²) in [7, 11) is 1.61. The summed E-state index contributed by atoms with van der Waals surface area (Å²) >= 11 is 0. The van der Waals surface area contributed by atoms with E-state index in [0.29, 0.717) is 12.2 Å². The number of benzene rings is 2. The number of carbonyl (C=O) groups excluding carboxylic acids is 1. The molecule has 0 aliphatic rings. The summed E-state index contributed by atoms with van der Waals surface area (Å²) in [6.07, 6.45) is 1.38.